The summed E-state index contributed by atoms with van der Waals surface area (Å²) in [6.45, 7) is 2.65. The van der Waals surface area contributed by atoms with E-state index >= 15 is 0 Å². The third-order valence-electron chi connectivity index (χ3n) is 4.90. The Morgan fingerprint density at radius 3 is 2.80 bits per heavy atom. The van der Waals surface area contributed by atoms with E-state index in [4.69, 9.17) is 4.74 Å². The van der Waals surface area contributed by atoms with Crippen LogP contribution in [0.15, 0.2) is 41.6 Å². The third-order valence-corrected chi connectivity index (χ3v) is 4.90. The number of methoxy groups -OCH3 is 1. The van der Waals surface area contributed by atoms with Gasteiger partial charge in [-0.2, -0.15) is 0 Å². The van der Waals surface area contributed by atoms with Crippen LogP contribution in [0.2, 0.25) is 0 Å². The first kappa shape index (κ1) is 15.5. The first-order valence-corrected chi connectivity index (χ1v) is 8.20. The minimum absolute atomic E-state index is 0.120. The number of aryl methyl sites for hydroxylation is 1. The van der Waals surface area contributed by atoms with E-state index in [1.807, 2.05) is 37.3 Å². The lowest BCUT2D eigenvalue weighted by molar-refractivity contribution is 0.0926. The summed E-state index contributed by atoms with van der Waals surface area (Å²) in [7, 11) is 1.65. The van der Waals surface area contributed by atoms with Gasteiger partial charge < -0.3 is 20.2 Å². The summed E-state index contributed by atoms with van der Waals surface area (Å²) in [5.74, 6) is 0.700. The molecule has 0 fully saturated rings. The van der Waals surface area contributed by atoms with Gasteiger partial charge in [-0.15, -0.1) is 0 Å². The van der Waals surface area contributed by atoms with E-state index in [0.717, 1.165) is 28.1 Å². The normalized spacial score (nSPS) is 20.2. The van der Waals surface area contributed by atoms with Crippen molar-refractivity contribution >= 4 is 17.3 Å². The number of oxime groups is 1. The molecule has 0 radical (unpaired) electrons. The zero-order valence-electron chi connectivity index (χ0n) is 14.1. The molecule has 2 aromatic carbocycles. The maximum absolute atomic E-state index is 12.6. The zero-order chi connectivity index (χ0) is 17.6. The Labute approximate surface area is 145 Å². The number of hydrogen-bond acceptors (Lipinski definition) is 5. The number of ether oxygens (including phenoxy) is 1. The summed E-state index contributed by atoms with van der Waals surface area (Å²) in [6.07, 6.45) is 0.361. The third kappa shape index (κ3) is 2.33. The Balaban J connectivity index is 1.84. The van der Waals surface area contributed by atoms with Gasteiger partial charge in [0.2, 0.25) is 0 Å². The molecule has 0 aliphatic carbocycles. The number of anilines is 1. The second-order valence-corrected chi connectivity index (χ2v) is 6.30. The van der Waals surface area contributed by atoms with Gasteiger partial charge in [-0.3, -0.25) is 4.79 Å². The number of carbonyl (C=O) groups is 1. The van der Waals surface area contributed by atoms with Crippen LogP contribution in [-0.4, -0.2) is 30.5 Å². The molecule has 25 heavy (non-hydrogen) atoms. The van der Waals surface area contributed by atoms with Crippen molar-refractivity contribution in [3.63, 3.8) is 0 Å². The minimum Gasteiger partial charge on any atom is -0.496 e. The molecule has 4 rings (SSSR count). The van der Waals surface area contributed by atoms with Crippen molar-refractivity contribution in [3.05, 3.63) is 58.7 Å². The molecule has 0 saturated carbocycles. The molecule has 2 N–H and O–H groups in total. The van der Waals surface area contributed by atoms with Crippen LogP contribution >= 0.6 is 0 Å². The molecule has 2 aromatic rings. The van der Waals surface area contributed by atoms with Crippen LogP contribution < -0.4 is 15.0 Å². The fraction of sp³-hybridized carbons (Fsp3) is 0.263. The lowest BCUT2D eigenvalue weighted by Crippen LogP contribution is -2.49. The van der Waals surface area contributed by atoms with Crippen molar-refractivity contribution in [2.75, 3.05) is 18.6 Å². The number of para-hydroxylation sites is 1. The molecule has 1 unspecified atom stereocenters. The summed E-state index contributed by atoms with van der Waals surface area (Å²) in [5.41, 5.74) is 4.90. The Morgan fingerprint density at radius 2 is 2.08 bits per heavy atom. The zero-order valence-corrected chi connectivity index (χ0v) is 14.1. The fourth-order valence-electron chi connectivity index (χ4n) is 3.72. The summed E-state index contributed by atoms with van der Waals surface area (Å²) < 4.78 is 5.33. The standard InChI is InChI=1S/C19H19N3O3/c1-11-10-12(6-7-16(11)25-2)18-20-19(23)14-5-3-4-13-15(21-24)8-9-22(18)17(13)14/h3-7,10,18,24H,8-9H2,1-2H3,(H,20,23). The van der Waals surface area contributed by atoms with Crippen LogP contribution in [0.25, 0.3) is 0 Å². The number of carbonyl (C=O) groups excluding carboxylic acids is 1. The van der Waals surface area contributed by atoms with Gasteiger partial charge in [0.15, 0.2) is 0 Å². The molecule has 6 nitrogen and oxygen atoms in total. The van der Waals surface area contributed by atoms with Crippen molar-refractivity contribution in [2.45, 2.75) is 19.5 Å². The predicted molar refractivity (Wildman–Crippen MR) is 94.7 cm³/mol. The van der Waals surface area contributed by atoms with E-state index in [9.17, 15) is 10.0 Å². The fourth-order valence-corrected chi connectivity index (χ4v) is 3.72. The van der Waals surface area contributed by atoms with Gasteiger partial charge in [-0.05, 0) is 36.2 Å². The molecular formula is C19H19N3O3. The van der Waals surface area contributed by atoms with Crippen molar-refractivity contribution < 1.29 is 14.7 Å². The van der Waals surface area contributed by atoms with Gasteiger partial charge in [-0.1, -0.05) is 23.4 Å². The first-order chi connectivity index (χ1) is 12.1. The Kier molecular flexibility index (Phi) is 3.60. The van der Waals surface area contributed by atoms with Crippen molar-refractivity contribution in [1.82, 2.24) is 5.32 Å². The van der Waals surface area contributed by atoms with Crippen molar-refractivity contribution in [1.29, 1.82) is 0 Å². The van der Waals surface area contributed by atoms with Gasteiger partial charge in [-0.25, -0.2) is 0 Å². The van der Waals surface area contributed by atoms with E-state index in [0.29, 0.717) is 24.2 Å². The average Bonchev–Trinajstić information content (AvgIpc) is 2.64. The highest BCUT2D eigenvalue weighted by Crippen LogP contribution is 2.39. The maximum Gasteiger partial charge on any atom is 0.255 e. The van der Waals surface area contributed by atoms with E-state index in [-0.39, 0.29) is 12.1 Å². The largest absolute Gasteiger partial charge is 0.496 e. The quantitative estimate of drug-likeness (QED) is 0.653. The lowest BCUT2D eigenvalue weighted by Gasteiger charge is -2.43. The Morgan fingerprint density at radius 1 is 1.28 bits per heavy atom. The van der Waals surface area contributed by atoms with Gasteiger partial charge >= 0.3 is 0 Å². The predicted octanol–water partition coefficient (Wildman–Crippen LogP) is 2.83. The molecule has 128 valence electrons. The van der Waals surface area contributed by atoms with Crippen LogP contribution in [0.3, 0.4) is 0 Å². The lowest BCUT2D eigenvalue weighted by atomic mass is 9.92. The van der Waals surface area contributed by atoms with Crippen LogP contribution in [0.4, 0.5) is 5.69 Å². The van der Waals surface area contributed by atoms with Crippen LogP contribution in [0.1, 0.15) is 39.6 Å². The number of hydrogen-bond donors (Lipinski definition) is 2. The van der Waals surface area contributed by atoms with Gasteiger partial charge in [0.25, 0.3) is 5.91 Å². The average molecular weight is 337 g/mol. The second-order valence-electron chi connectivity index (χ2n) is 6.30. The number of rotatable bonds is 2. The number of benzene rings is 2. The summed E-state index contributed by atoms with van der Waals surface area (Å²) >= 11 is 0. The molecule has 0 spiro atoms. The first-order valence-electron chi connectivity index (χ1n) is 8.20. The van der Waals surface area contributed by atoms with Crippen molar-refractivity contribution in [3.8, 4) is 5.75 Å². The van der Waals surface area contributed by atoms with E-state index in [1.54, 1.807) is 13.2 Å². The molecular weight excluding hydrogens is 318 g/mol. The SMILES string of the molecule is COc1ccc(C2NC(=O)c3cccc4c3N2CCC4=NO)cc1C. The highest BCUT2D eigenvalue weighted by Gasteiger charge is 2.37. The highest BCUT2D eigenvalue weighted by molar-refractivity contribution is 6.13. The van der Waals surface area contributed by atoms with E-state index in [2.05, 4.69) is 15.4 Å². The van der Waals surface area contributed by atoms with E-state index in [1.165, 1.54) is 0 Å². The molecule has 0 bridgehead atoms. The Bertz CT molecular complexity index is 891. The second kappa shape index (κ2) is 5.81. The highest BCUT2D eigenvalue weighted by atomic mass is 16.5. The Hall–Kier alpha value is -3.02. The summed E-state index contributed by atoms with van der Waals surface area (Å²) in [4.78, 5) is 14.8. The molecule has 0 aromatic heterocycles. The smallest absolute Gasteiger partial charge is 0.255 e. The van der Waals surface area contributed by atoms with Crippen LogP contribution in [0.5, 0.6) is 5.75 Å². The van der Waals surface area contributed by atoms with Crippen LogP contribution in [-0.2, 0) is 0 Å². The molecule has 2 aliphatic rings. The molecule has 2 heterocycles. The molecule has 6 heteroatoms. The van der Waals surface area contributed by atoms with Gasteiger partial charge in [0, 0.05) is 18.5 Å². The topological polar surface area (TPSA) is 74.2 Å². The summed E-state index contributed by atoms with van der Waals surface area (Å²) in [5, 5.41) is 15.8. The monoisotopic (exact) mass is 337 g/mol. The van der Waals surface area contributed by atoms with Gasteiger partial charge in [0.05, 0.1) is 24.1 Å². The maximum atomic E-state index is 12.6. The molecule has 1 amide bonds. The number of amides is 1. The van der Waals surface area contributed by atoms with Crippen molar-refractivity contribution in [2.24, 2.45) is 5.16 Å². The molecule has 2 aliphatic heterocycles. The molecule has 1 atom stereocenters. The van der Waals surface area contributed by atoms with Crippen LogP contribution in [0, 0.1) is 6.92 Å². The minimum atomic E-state index is -0.258. The van der Waals surface area contributed by atoms with Gasteiger partial charge in [0.1, 0.15) is 11.9 Å². The molecule has 0 saturated heterocycles. The van der Waals surface area contributed by atoms with E-state index < -0.39 is 0 Å². The summed E-state index contributed by atoms with van der Waals surface area (Å²) in [6, 6.07) is 11.4. The number of nitrogens with one attached hydrogen (secondary N) is 1. The number of nitrogens with zero attached hydrogens (tertiary/aromatic N) is 2.